The minimum atomic E-state index is -0.173. The Hall–Kier alpha value is -2.61. The smallest absolute Gasteiger partial charge is 0.173 e. The van der Waals surface area contributed by atoms with Gasteiger partial charge in [0.15, 0.2) is 5.78 Å². The Morgan fingerprint density at radius 1 is 1.05 bits per heavy atom. The number of ketones is 1. The molecule has 1 aromatic carbocycles. The van der Waals surface area contributed by atoms with Crippen LogP contribution >= 0.6 is 0 Å². The van der Waals surface area contributed by atoms with Crippen LogP contribution in [0.15, 0.2) is 83.0 Å². The number of allylic oxidation sites excluding steroid dienone is 5. The van der Waals surface area contributed by atoms with Crippen LogP contribution in [-0.4, -0.2) is 5.78 Å². The topological polar surface area (TPSA) is 30.2 Å². The Balaban J connectivity index is 1.72. The number of hydrogen-bond acceptors (Lipinski definition) is 2. The first-order valence-electron chi connectivity index (χ1n) is 6.54. The molecule has 0 radical (unpaired) electrons. The summed E-state index contributed by atoms with van der Waals surface area (Å²) < 4.78 is 5.23. The van der Waals surface area contributed by atoms with Crippen molar-refractivity contribution in [3.8, 4) is 0 Å². The van der Waals surface area contributed by atoms with Crippen LogP contribution in [0.1, 0.15) is 16.1 Å². The second-order valence-electron chi connectivity index (χ2n) is 4.63. The lowest BCUT2D eigenvalue weighted by molar-refractivity contribution is 0.0966. The molecule has 0 spiro atoms. The normalized spacial score (nSPS) is 17.6. The molecule has 1 heterocycles. The molecule has 2 aromatic rings. The van der Waals surface area contributed by atoms with Gasteiger partial charge in [-0.1, -0.05) is 54.6 Å². The fourth-order valence-corrected chi connectivity index (χ4v) is 2.17. The van der Waals surface area contributed by atoms with Gasteiger partial charge in [-0.3, -0.25) is 4.79 Å². The SMILES string of the molecule is O=C(c1ccccc1)C1C=CC(/C=C/c2ccco2)=C1. The van der Waals surface area contributed by atoms with E-state index in [0.29, 0.717) is 0 Å². The Bertz CT molecular complexity index is 673. The number of carbonyl (C=O) groups is 1. The highest BCUT2D eigenvalue weighted by molar-refractivity contribution is 6.00. The van der Waals surface area contributed by atoms with Crippen LogP contribution in [0, 0.1) is 5.92 Å². The molecule has 1 unspecified atom stereocenters. The van der Waals surface area contributed by atoms with Gasteiger partial charge in [0.05, 0.1) is 12.2 Å². The van der Waals surface area contributed by atoms with Gasteiger partial charge in [0.2, 0.25) is 0 Å². The van der Waals surface area contributed by atoms with E-state index in [4.69, 9.17) is 4.42 Å². The summed E-state index contributed by atoms with van der Waals surface area (Å²) in [6.07, 6.45) is 11.3. The van der Waals surface area contributed by atoms with Crippen molar-refractivity contribution in [2.75, 3.05) is 0 Å². The van der Waals surface area contributed by atoms with E-state index >= 15 is 0 Å². The molecule has 0 bridgehead atoms. The molecule has 1 atom stereocenters. The molecule has 0 amide bonds. The van der Waals surface area contributed by atoms with Gasteiger partial charge in [0.25, 0.3) is 0 Å². The van der Waals surface area contributed by atoms with Crippen LogP contribution in [0.25, 0.3) is 6.08 Å². The summed E-state index contributed by atoms with van der Waals surface area (Å²) in [5.41, 5.74) is 1.77. The zero-order valence-corrected chi connectivity index (χ0v) is 10.9. The zero-order valence-electron chi connectivity index (χ0n) is 10.9. The van der Waals surface area contributed by atoms with Crippen LogP contribution in [0.4, 0.5) is 0 Å². The minimum absolute atomic E-state index is 0.128. The lowest BCUT2D eigenvalue weighted by Gasteiger charge is -2.03. The fourth-order valence-electron chi connectivity index (χ4n) is 2.17. The predicted octanol–water partition coefficient (Wildman–Crippen LogP) is 4.29. The average molecular weight is 262 g/mol. The fraction of sp³-hybridized carbons (Fsp3) is 0.0556. The van der Waals surface area contributed by atoms with Gasteiger partial charge in [-0.2, -0.15) is 0 Å². The molecule has 20 heavy (non-hydrogen) atoms. The van der Waals surface area contributed by atoms with Crippen molar-refractivity contribution in [3.05, 3.63) is 89.9 Å². The maximum Gasteiger partial charge on any atom is 0.173 e. The summed E-state index contributed by atoms with van der Waals surface area (Å²) in [6, 6.07) is 13.1. The van der Waals surface area contributed by atoms with Gasteiger partial charge >= 0.3 is 0 Å². The first-order valence-corrected chi connectivity index (χ1v) is 6.54. The van der Waals surface area contributed by atoms with E-state index in [1.54, 1.807) is 6.26 Å². The average Bonchev–Trinajstić information content (AvgIpc) is 3.17. The Morgan fingerprint density at radius 2 is 1.90 bits per heavy atom. The molecule has 2 nitrogen and oxygen atoms in total. The number of furan rings is 1. The Labute approximate surface area is 117 Å². The first kappa shape index (κ1) is 12.4. The molecule has 1 aliphatic carbocycles. The van der Waals surface area contributed by atoms with E-state index in [2.05, 4.69) is 0 Å². The molecule has 0 N–H and O–H groups in total. The standard InChI is InChI=1S/C18H14O2/c19-18(15-5-2-1-3-6-15)16-10-8-14(13-16)9-11-17-7-4-12-20-17/h1-13,16H/b11-9+. The second kappa shape index (κ2) is 5.57. The van der Waals surface area contributed by atoms with Gasteiger partial charge in [-0.15, -0.1) is 0 Å². The molecule has 3 rings (SSSR count). The molecule has 98 valence electrons. The third kappa shape index (κ3) is 2.69. The maximum atomic E-state index is 12.3. The largest absolute Gasteiger partial charge is 0.465 e. The summed E-state index contributed by atoms with van der Waals surface area (Å²) in [5.74, 6) is 0.758. The highest BCUT2D eigenvalue weighted by Crippen LogP contribution is 2.22. The van der Waals surface area contributed by atoms with Crippen molar-refractivity contribution >= 4 is 11.9 Å². The third-order valence-corrected chi connectivity index (χ3v) is 3.21. The molecule has 2 heteroatoms. The van der Waals surface area contributed by atoms with Gasteiger partial charge in [-0.25, -0.2) is 0 Å². The van der Waals surface area contributed by atoms with Crippen molar-refractivity contribution in [1.29, 1.82) is 0 Å². The lowest BCUT2D eigenvalue weighted by atomic mass is 9.99. The second-order valence-corrected chi connectivity index (χ2v) is 4.63. The molecule has 0 fully saturated rings. The van der Waals surface area contributed by atoms with Gasteiger partial charge in [-0.05, 0) is 23.8 Å². The monoisotopic (exact) mass is 262 g/mol. The molecular formula is C18H14O2. The van der Waals surface area contributed by atoms with Crippen molar-refractivity contribution in [2.45, 2.75) is 0 Å². The molecule has 0 saturated heterocycles. The van der Waals surface area contributed by atoms with E-state index in [1.807, 2.05) is 72.8 Å². The Kier molecular flexibility index (Phi) is 3.46. The number of carbonyl (C=O) groups excluding carboxylic acids is 1. The van der Waals surface area contributed by atoms with Crippen LogP contribution in [0.3, 0.4) is 0 Å². The van der Waals surface area contributed by atoms with E-state index in [-0.39, 0.29) is 11.7 Å². The quantitative estimate of drug-likeness (QED) is 0.769. The predicted molar refractivity (Wildman–Crippen MR) is 79.2 cm³/mol. The number of hydrogen-bond donors (Lipinski definition) is 0. The summed E-state index contributed by atoms with van der Waals surface area (Å²) in [7, 11) is 0. The lowest BCUT2D eigenvalue weighted by Crippen LogP contribution is -2.08. The number of benzene rings is 1. The zero-order chi connectivity index (χ0) is 13.8. The van der Waals surface area contributed by atoms with Crippen LogP contribution < -0.4 is 0 Å². The first-order chi connectivity index (χ1) is 9.83. The van der Waals surface area contributed by atoms with Crippen molar-refractivity contribution < 1.29 is 9.21 Å². The van der Waals surface area contributed by atoms with Gasteiger partial charge in [0, 0.05) is 5.56 Å². The van der Waals surface area contributed by atoms with Crippen molar-refractivity contribution in [2.24, 2.45) is 5.92 Å². The summed E-state index contributed by atoms with van der Waals surface area (Å²) >= 11 is 0. The minimum Gasteiger partial charge on any atom is -0.465 e. The van der Waals surface area contributed by atoms with Gasteiger partial charge in [0.1, 0.15) is 5.76 Å². The van der Waals surface area contributed by atoms with Crippen LogP contribution in [0.2, 0.25) is 0 Å². The highest BCUT2D eigenvalue weighted by atomic mass is 16.3. The van der Waals surface area contributed by atoms with E-state index < -0.39 is 0 Å². The molecular weight excluding hydrogens is 248 g/mol. The maximum absolute atomic E-state index is 12.3. The molecule has 1 aliphatic rings. The highest BCUT2D eigenvalue weighted by Gasteiger charge is 2.18. The summed E-state index contributed by atoms with van der Waals surface area (Å²) in [6.45, 7) is 0. The Morgan fingerprint density at radius 3 is 2.65 bits per heavy atom. The van der Waals surface area contributed by atoms with Crippen LogP contribution in [-0.2, 0) is 0 Å². The summed E-state index contributed by atoms with van der Waals surface area (Å²) in [5, 5.41) is 0. The molecule has 1 aromatic heterocycles. The van der Waals surface area contributed by atoms with Crippen molar-refractivity contribution in [1.82, 2.24) is 0 Å². The van der Waals surface area contributed by atoms with Gasteiger partial charge < -0.3 is 4.42 Å². The van der Waals surface area contributed by atoms with E-state index in [9.17, 15) is 4.79 Å². The number of rotatable bonds is 4. The molecule has 0 saturated carbocycles. The third-order valence-electron chi connectivity index (χ3n) is 3.21. The number of Topliss-reactive ketones (excluding diaryl/α,β-unsaturated/α-hetero) is 1. The van der Waals surface area contributed by atoms with E-state index in [0.717, 1.165) is 16.9 Å². The van der Waals surface area contributed by atoms with Crippen molar-refractivity contribution in [3.63, 3.8) is 0 Å². The van der Waals surface area contributed by atoms with Crippen LogP contribution in [0.5, 0.6) is 0 Å². The molecule has 0 aliphatic heterocycles. The van der Waals surface area contributed by atoms with E-state index in [1.165, 1.54) is 0 Å². The summed E-state index contributed by atoms with van der Waals surface area (Å²) in [4.78, 5) is 12.3.